The topological polar surface area (TPSA) is 110 Å². The largest absolute Gasteiger partial charge is 0.457 e. The molecule has 1 heterocycles. The third kappa shape index (κ3) is 5.78. The van der Waals surface area contributed by atoms with Crippen LogP contribution in [0.3, 0.4) is 0 Å². The van der Waals surface area contributed by atoms with Crippen LogP contribution in [0.1, 0.15) is 16.1 Å². The summed E-state index contributed by atoms with van der Waals surface area (Å²) in [4.78, 5) is 35.3. The van der Waals surface area contributed by atoms with Crippen molar-refractivity contribution in [2.75, 3.05) is 5.32 Å². The molecule has 0 bridgehead atoms. The number of halogens is 1. The molecule has 9 heteroatoms. The van der Waals surface area contributed by atoms with Crippen LogP contribution >= 0.6 is 11.6 Å². The molecule has 0 fully saturated rings. The normalized spacial score (nSPS) is 10.5. The highest BCUT2D eigenvalue weighted by Gasteiger charge is 2.13. The molecule has 1 aromatic heterocycles. The molecule has 0 saturated heterocycles. The highest BCUT2D eigenvalue weighted by atomic mass is 35.5. The Morgan fingerprint density at radius 2 is 1.69 bits per heavy atom. The Balaban J connectivity index is 1.49. The average Bonchev–Trinajstić information content (AvgIpc) is 3.26. The molecule has 0 aliphatic carbocycles. The van der Waals surface area contributed by atoms with Crippen LogP contribution in [0.4, 0.5) is 5.69 Å². The summed E-state index contributed by atoms with van der Waals surface area (Å²) in [6, 6.07) is 15.7. The van der Waals surface area contributed by atoms with Crippen LogP contribution in [0.25, 0.3) is 0 Å². The van der Waals surface area contributed by atoms with E-state index in [2.05, 4.69) is 15.8 Å². The van der Waals surface area contributed by atoms with Gasteiger partial charge in [-0.05, 0) is 66.2 Å². The minimum absolute atomic E-state index is 0.0928. The van der Waals surface area contributed by atoms with E-state index in [-0.39, 0.29) is 5.76 Å². The van der Waals surface area contributed by atoms with Crippen LogP contribution in [0.5, 0.6) is 5.75 Å². The van der Waals surface area contributed by atoms with Crippen molar-refractivity contribution in [3.63, 3.8) is 0 Å². The standard InChI is InChI=1S/C20H14ClN3O5/c21-14-5-7-15(8-6-14)23-18(25)19(26)24-22-12-13-3-9-16(10-4-13)29-20(27)17-2-1-11-28-17/h1-12H,(H,23,25)(H,24,26)/b22-12+. The Kier molecular flexibility index (Phi) is 6.39. The number of nitrogens with zero attached hydrogens (tertiary/aromatic N) is 1. The van der Waals surface area contributed by atoms with Crippen molar-refractivity contribution in [1.29, 1.82) is 0 Å². The Hall–Kier alpha value is -3.91. The molecule has 8 nitrogen and oxygen atoms in total. The Morgan fingerprint density at radius 3 is 2.34 bits per heavy atom. The number of esters is 1. The van der Waals surface area contributed by atoms with Crippen molar-refractivity contribution < 1.29 is 23.5 Å². The summed E-state index contributed by atoms with van der Waals surface area (Å²) >= 11 is 5.76. The molecular formula is C20H14ClN3O5. The number of hydrogen-bond acceptors (Lipinski definition) is 6. The fourth-order valence-corrected chi connectivity index (χ4v) is 2.24. The number of anilines is 1. The quantitative estimate of drug-likeness (QED) is 0.220. The van der Waals surface area contributed by atoms with Crippen molar-refractivity contribution in [1.82, 2.24) is 5.43 Å². The average molecular weight is 412 g/mol. The van der Waals surface area contributed by atoms with E-state index in [1.807, 2.05) is 0 Å². The summed E-state index contributed by atoms with van der Waals surface area (Å²) in [5.41, 5.74) is 3.16. The lowest BCUT2D eigenvalue weighted by molar-refractivity contribution is -0.136. The van der Waals surface area contributed by atoms with Gasteiger partial charge in [-0.1, -0.05) is 11.6 Å². The summed E-state index contributed by atoms with van der Waals surface area (Å²) in [7, 11) is 0. The number of carbonyl (C=O) groups is 3. The third-order valence-corrected chi connectivity index (χ3v) is 3.75. The van der Waals surface area contributed by atoms with Crippen LogP contribution in [0.2, 0.25) is 5.02 Å². The van der Waals surface area contributed by atoms with Gasteiger partial charge in [-0.3, -0.25) is 9.59 Å². The van der Waals surface area contributed by atoms with Crippen LogP contribution in [-0.2, 0) is 9.59 Å². The first-order valence-electron chi connectivity index (χ1n) is 8.27. The second-order valence-electron chi connectivity index (χ2n) is 5.60. The lowest BCUT2D eigenvalue weighted by atomic mass is 10.2. The van der Waals surface area contributed by atoms with E-state index < -0.39 is 17.8 Å². The molecule has 3 aromatic rings. The maximum atomic E-state index is 11.8. The monoisotopic (exact) mass is 411 g/mol. The summed E-state index contributed by atoms with van der Waals surface area (Å²) in [5, 5.41) is 6.65. The summed E-state index contributed by atoms with van der Waals surface area (Å²) < 4.78 is 10.1. The van der Waals surface area contributed by atoms with Gasteiger partial charge in [-0.2, -0.15) is 5.10 Å². The predicted octanol–water partition coefficient (Wildman–Crippen LogP) is 3.24. The maximum Gasteiger partial charge on any atom is 0.379 e. The zero-order valence-electron chi connectivity index (χ0n) is 14.8. The SMILES string of the molecule is O=C(N/N=C/c1ccc(OC(=O)c2ccco2)cc1)C(=O)Nc1ccc(Cl)cc1. The van der Waals surface area contributed by atoms with E-state index in [0.29, 0.717) is 22.0 Å². The molecule has 2 aromatic carbocycles. The van der Waals surface area contributed by atoms with Crippen LogP contribution in [0, 0.1) is 0 Å². The predicted molar refractivity (Wildman–Crippen MR) is 106 cm³/mol. The van der Waals surface area contributed by atoms with E-state index in [1.54, 1.807) is 54.6 Å². The molecule has 2 N–H and O–H groups in total. The number of benzene rings is 2. The van der Waals surface area contributed by atoms with E-state index in [4.69, 9.17) is 20.8 Å². The Morgan fingerprint density at radius 1 is 0.966 bits per heavy atom. The van der Waals surface area contributed by atoms with Gasteiger partial charge in [0.1, 0.15) is 5.75 Å². The molecule has 3 rings (SSSR count). The lowest BCUT2D eigenvalue weighted by Crippen LogP contribution is -2.32. The molecule has 0 aliphatic heterocycles. The third-order valence-electron chi connectivity index (χ3n) is 3.50. The van der Waals surface area contributed by atoms with E-state index in [9.17, 15) is 14.4 Å². The number of ether oxygens (including phenoxy) is 1. The van der Waals surface area contributed by atoms with Gasteiger partial charge in [0.05, 0.1) is 12.5 Å². The van der Waals surface area contributed by atoms with Crippen LogP contribution in [-0.4, -0.2) is 24.0 Å². The summed E-state index contributed by atoms with van der Waals surface area (Å²) in [6.45, 7) is 0. The number of amides is 2. The number of carbonyl (C=O) groups excluding carboxylic acids is 3. The van der Waals surface area contributed by atoms with Crippen molar-refractivity contribution in [3.8, 4) is 5.75 Å². The Labute approximate surface area is 170 Å². The molecule has 0 aliphatic rings. The molecule has 146 valence electrons. The summed E-state index contributed by atoms with van der Waals surface area (Å²) in [5.74, 6) is -2.01. The molecule has 0 unspecified atom stereocenters. The van der Waals surface area contributed by atoms with Gasteiger partial charge in [-0.25, -0.2) is 10.2 Å². The molecule has 0 saturated carbocycles. The second-order valence-corrected chi connectivity index (χ2v) is 6.03. The van der Waals surface area contributed by atoms with Gasteiger partial charge < -0.3 is 14.5 Å². The maximum absolute atomic E-state index is 11.8. The number of hydrazone groups is 1. The Bertz CT molecular complexity index is 1030. The smallest absolute Gasteiger partial charge is 0.379 e. The van der Waals surface area contributed by atoms with E-state index >= 15 is 0 Å². The number of hydrogen-bond donors (Lipinski definition) is 2. The fourth-order valence-electron chi connectivity index (χ4n) is 2.11. The highest BCUT2D eigenvalue weighted by Crippen LogP contribution is 2.14. The van der Waals surface area contributed by atoms with Gasteiger partial charge in [-0.15, -0.1) is 0 Å². The first-order chi connectivity index (χ1) is 14.0. The van der Waals surface area contributed by atoms with Crippen molar-refractivity contribution in [2.24, 2.45) is 5.10 Å². The van der Waals surface area contributed by atoms with Gasteiger partial charge in [0.15, 0.2) is 0 Å². The number of nitrogens with one attached hydrogen (secondary N) is 2. The van der Waals surface area contributed by atoms with E-state index in [1.165, 1.54) is 18.5 Å². The minimum Gasteiger partial charge on any atom is -0.457 e. The molecule has 0 spiro atoms. The number of furan rings is 1. The first kappa shape index (κ1) is 19.8. The second kappa shape index (κ2) is 9.34. The van der Waals surface area contributed by atoms with Gasteiger partial charge in [0.25, 0.3) is 0 Å². The van der Waals surface area contributed by atoms with Gasteiger partial charge >= 0.3 is 17.8 Å². The van der Waals surface area contributed by atoms with Crippen molar-refractivity contribution in [2.45, 2.75) is 0 Å². The molecule has 2 amide bonds. The van der Waals surface area contributed by atoms with E-state index in [0.717, 1.165) is 0 Å². The van der Waals surface area contributed by atoms with Crippen LogP contribution in [0.15, 0.2) is 76.4 Å². The highest BCUT2D eigenvalue weighted by molar-refractivity contribution is 6.39. The zero-order chi connectivity index (χ0) is 20.6. The molecule has 0 atom stereocenters. The first-order valence-corrected chi connectivity index (χ1v) is 8.65. The molecular weight excluding hydrogens is 398 g/mol. The van der Waals surface area contributed by atoms with Gasteiger partial charge in [0, 0.05) is 10.7 Å². The van der Waals surface area contributed by atoms with Crippen molar-refractivity contribution >= 4 is 41.3 Å². The summed E-state index contributed by atoms with van der Waals surface area (Å²) in [6.07, 6.45) is 2.71. The lowest BCUT2D eigenvalue weighted by Gasteiger charge is -2.04. The number of rotatable bonds is 5. The molecule has 0 radical (unpaired) electrons. The van der Waals surface area contributed by atoms with Gasteiger partial charge in [0.2, 0.25) is 5.76 Å². The fraction of sp³-hybridized carbons (Fsp3) is 0. The van der Waals surface area contributed by atoms with Crippen molar-refractivity contribution in [3.05, 3.63) is 83.3 Å². The van der Waals surface area contributed by atoms with Crippen LogP contribution < -0.4 is 15.5 Å². The zero-order valence-corrected chi connectivity index (χ0v) is 15.6. The minimum atomic E-state index is -0.930. The molecule has 29 heavy (non-hydrogen) atoms.